The zero-order valence-electron chi connectivity index (χ0n) is 22.5. The molecule has 0 saturated heterocycles. The summed E-state index contributed by atoms with van der Waals surface area (Å²) < 4.78 is 48.6. The van der Waals surface area contributed by atoms with Crippen LogP contribution < -0.4 is 14.8 Å². The molecule has 4 aromatic rings. The molecule has 41 heavy (non-hydrogen) atoms. The van der Waals surface area contributed by atoms with E-state index in [1.54, 1.807) is 6.20 Å². The molecule has 1 saturated carbocycles. The first-order valence-electron chi connectivity index (χ1n) is 13.0. The van der Waals surface area contributed by atoms with E-state index in [2.05, 4.69) is 39.3 Å². The minimum Gasteiger partial charge on any atom is -0.496 e. The van der Waals surface area contributed by atoms with Crippen molar-refractivity contribution in [2.75, 3.05) is 7.11 Å². The van der Waals surface area contributed by atoms with Crippen LogP contribution in [0.15, 0.2) is 54.9 Å². The van der Waals surface area contributed by atoms with Crippen LogP contribution in [-0.4, -0.2) is 39.8 Å². The SMILES string of the molecule is CC(=O)O.COc1ccc(OC(F)(F)F)cc1CNC(=O)c1cn2cc(-c3ccc(C4CCCCC4)cc3)sc2n1. The normalized spacial score (nSPS) is 13.8. The Morgan fingerprint density at radius 3 is 2.39 bits per heavy atom. The molecule has 0 unspecified atom stereocenters. The van der Waals surface area contributed by atoms with Crippen LogP contribution in [0.3, 0.4) is 0 Å². The highest BCUT2D eigenvalue weighted by Crippen LogP contribution is 2.35. The third-order valence-electron chi connectivity index (χ3n) is 6.59. The van der Waals surface area contributed by atoms with Crippen molar-refractivity contribution in [1.29, 1.82) is 0 Å². The summed E-state index contributed by atoms with van der Waals surface area (Å²) in [6, 6.07) is 12.4. The Kier molecular flexibility index (Phi) is 9.53. The molecular weight excluding hydrogens is 559 g/mol. The standard InChI is InChI=1S/C27H26F3N3O3S.C2H4O2/c1-35-23-12-11-21(36-27(28,29)30)13-20(23)14-31-25(34)22-15-33-16-24(37-26(33)32-22)19-9-7-18(8-10-19)17-5-3-2-4-6-17;1-2(3)4/h7-13,15-17H,2-6,14H2,1H3,(H,31,34);1H3,(H,3,4). The number of amides is 1. The summed E-state index contributed by atoms with van der Waals surface area (Å²) in [5, 5.41) is 10.1. The van der Waals surface area contributed by atoms with Gasteiger partial charge in [-0.3, -0.25) is 14.0 Å². The number of hydrogen-bond donors (Lipinski definition) is 2. The van der Waals surface area contributed by atoms with Gasteiger partial charge in [-0.1, -0.05) is 54.9 Å². The van der Waals surface area contributed by atoms with Gasteiger partial charge in [0, 0.05) is 31.4 Å². The van der Waals surface area contributed by atoms with Crippen LogP contribution in [0.1, 0.15) is 66.6 Å². The molecule has 1 aliphatic rings. The van der Waals surface area contributed by atoms with Crippen molar-refractivity contribution in [3.8, 4) is 21.9 Å². The fourth-order valence-corrected chi connectivity index (χ4v) is 5.72. The minimum atomic E-state index is -4.81. The topological polar surface area (TPSA) is 102 Å². The summed E-state index contributed by atoms with van der Waals surface area (Å²) in [6.07, 6.45) is 5.23. The summed E-state index contributed by atoms with van der Waals surface area (Å²) in [5.74, 6) is -0.679. The summed E-state index contributed by atoms with van der Waals surface area (Å²) >= 11 is 1.49. The second kappa shape index (κ2) is 13.1. The molecule has 1 fully saturated rings. The second-order valence-corrected chi connectivity index (χ2v) is 10.6. The zero-order chi connectivity index (χ0) is 29.6. The number of hydrogen-bond acceptors (Lipinski definition) is 6. The van der Waals surface area contributed by atoms with E-state index in [-0.39, 0.29) is 18.0 Å². The number of fused-ring (bicyclic) bond motifs is 1. The van der Waals surface area contributed by atoms with Crippen LogP contribution in [-0.2, 0) is 11.3 Å². The van der Waals surface area contributed by atoms with Gasteiger partial charge in [-0.15, -0.1) is 13.2 Å². The number of nitrogens with one attached hydrogen (secondary N) is 1. The monoisotopic (exact) mass is 589 g/mol. The Balaban J connectivity index is 0.000000909. The molecule has 1 aliphatic carbocycles. The van der Waals surface area contributed by atoms with Gasteiger partial charge in [0.05, 0.1) is 12.0 Å². The van der Waals surface area contributed by atoms with Gasteiger partial charge in [0.25, 0.3) is 11.9 Å². The molecule has 2 N–H and O–H groups in total. The highest BCUT2D eigenvalue weighted by atomic mass is 32.1. The maximum atomic E-state index is 12.7. The number of ether oxygens (including phenoxy) is 2. The second-order valence-electron chi connectivity index (χ2n) is 9.59. The quantitative estimate of drug-likeness (QED) is 0.240. The number of alkyl halides is 3. The number of benzene rings is 2. The van der Waals surface area contributed by atoms with Crippen LogP contribution in [0.4, 0.5) is 13.2 Å². The van der Waals surface area contributed by atoms with E-state index in [0.717, 1.165) is 23.4 Å². The predicted octanol–water partition coefficient (Wildman–Crippen LogP) is 7.04. The zero-order valence-corrected chi connectivity index (χ0v) is 23.3. The lowest BCUT2D eigenvalue weighted by atomic mass is 9.84. The van der Waals surface area contributed by atoms with E-state index in [0.29, 0.717) is 22.2 Å². The molecule has 1 amide bonds. The van der Waals surface area contributed by atoms with Gasteiger partial charge in [0.15, 0.2) is 4.96 Å². The number of halogens is 3. The van der Waals surface area contributed by atoms with E-state index in [9.17, 15) is 18.0 Å². The van der Waals surface area contributed by atoms with Crippen molar-refractivity contribution in [2.45, 2.75) is 57.9 Å². The maximum Gasteiger partial charge on any atom is 0.573 e. The van der Waals surface area contributed by atoms with Gasteiger partial charge >= 0.3 is 6.36 Å². The van der Waals surface area contributed by atoms with Crippen LogP contribution in [0.2, 0.25) is 0 Å². The van der Waals surface area contributed by atoms with Crippen molar-refractivity contribution < 1.29 is 37.3 Å². The van der Waals surface area contributed by atoms with Crippen LogP contribution in [0.5, 0.6) is 11.5 Å². The third-order valence-corrected chi connectivity index (χ3v) is 7.63. The Hall–Kier alpha value is -4.06. The van der Waals surface area contributed by atoms with Gasteiger partial charge in [-0.05, 0) is 48.1 Å². The molecule has 0 radical (unpaired) electrons. The van der Waals surface area contributed by atoms with E-state index in [4.69, 9.17) is 14.6 Å². The molecule has 0 spiro atoms. The van der Waals surface area contributed by atoms with E-state index in [1.165, 1.54) is 68.2 Å². The predicted molar refractivity (Wildman–Crippen MR) is 148 cm³/mol. The fraction of sp³-hybridized carbons (Fsp3) is 0.345. The number of carbonyl (C=O) groups is 2. The third kappa shape index (κ3) is 8.23. The van der Waals surface area contributed by atoms with Crippen LogP contribution >= 0.6 is 11.3 Å². The molecule has 2 aromatic carbocycles. The molecule has 12 heteroatoms. The van der Waals surface area contributed by atoms with E-state index < -0.39 is 18.2 Å². The molecular formula is C29H30F3N3O5S. The largest absolute Gasteiger partial charge is 0.573 e. The lowest BCUT2D eigenvalue weighted by molar-refractivity contribution is -0.274. The van der Waals surface area contributed by atoms with Crippen molar-refractivity contribution in [3.63, 3.8) is 0 Å². The van der Waals surface area contributed by atoms with E-state index >= 15 is 0 Å². The molecule has 8 nitrogen and oxygen atoms in total. The Bertz CT molecular complexity index is 1460. The molecule has 0 aliphatic heterocycles. The Labute approximate surface area is 238 Å². The van der Waals surface area contributed by atoms with Gasteiger partial charge in [0.1, 0.15) is 17.2 Å². The smallest absolute Gasteiger partial charge is 0.496 e. The van der Waals surface area contributed by atoms with Crippen molar-refractivity contribution in [2.24, 2.45) is 0 Å². The van der Waals surface area contributed by atoms with Crippen LogP contribution in [0.25, 0.3) is 15.4 Å². The summed E-state index contributed by atoms with van der Waals surface area (Å²) in [6.45, 7) is 1.03. The number of aromatic nitrogens is 2. The Morgan fingerprint density at radius 1 is 1.10 bits per heavy atom. The lowest BCUT2D eigenvalue weighted by Gasteiger charge is -2.22. The van der Waals surface area contributed by atoms with Crippen molar-refractivity contribution in [3.05, 3.63) is 71.7 Å². The first-order valence-corrected chi connectivity index (χ1v) is 13.8. The van der Waals surface area contributed by atoms with Gasteiger partial charge in [-0.25, -0.2) is 4.98 Å². The number of nitrogens with zero attached hydrogens (tertiary/aromatic N) is 2. The number of aliphatic carboxylic acids is 1. The van der Waals surface area contributed by atoms with Crippen molar-refractivity contribution in [1.82, 2.24) is 14.7 Å². The maximum absolute atomic E-state index is 12.7. The number of carboxylic acids is 1. The summed E-state index contributed by atoms with van der Waals surface area (Å²) in [4.78, 5) is 27.9. The summed E-state index contributed by atoms with van der Waals surface area (Å²) in [7, 11) is 1.40. The lowest BCUT2D eigenvalue weighted by Crippen LogP contribution is -2.23. The van der Waals surface area contributed by atoms with Gasteiger partial charge < -0.3 is 19.9 Å². The number of carboxylic acid groups (broad SMARTS) is 1. The molecule has 5 rings (SSSR count). The number of thiazole rings is 1. The average Bonchev–Trinajstić information content (AvgIpc) is 3.51. The summed E-state index contributed by atoms with van der Waals surface area (Å²) in [5.41, 5.74) is 3.06. The highest BCUT2D eigenvalue weighted by Gasteiger charge is 2.31. The van der Waals surface area contributed by atoms with Crippen molar-refractivity contribution >= 4 is 28.2 Å². The number of carbonyl (C=O) groups excluding carboxylic acids is 1. The average molecular weight is 590 g/mol. The van der Waals surface area contributed by atoms with Gasteiger partial charge in [0.2, 0.25) is 0 Å². The van der Waals surface area contributed by atoms with Gasteiger partial charge in [-0.2, -0.15) is 0 Å². The fourth-order valence-electron chi connectivity index (χ4n) is 4.75. The molecule has 0 atom stereocenters. The van der Waals surface area contributed by atoms with Crippen LogP contribution in [0, 0.1) is 0 Å². The highest BCUT2D eigenvalue weighted by molar-refractivity contribution is 7.20. The molecule has 2 heterocycles. The van der Waals surface area contributed by atoms with E-state index in [1.807, 2.05) is 10.6 Å². The first kappa shape index (κ1) is 29.9. The molecule has 218 valence electrons. The number of imidazole rings is 1. The Morgan fingerprint density at radius 2 is 1.78 bits per heavy atom. The molecule has 0 bridgehead atoms. The molecule has 2 aromatic heterocycles. The number of rotatable bonds is 7. The number of methoxy groups -OCH3 is 1. The minimum absolute atomic E-state index is 0.0547. The first-order chi connectivity index (χ1) is 19.5.